The lowest BCUT2D eigenvalue weighted by Gasteiger charge is -2.32. The van der Waals surface area contributed by atoms with E-state index in [4.69, 9.17) is 19.8 Å². The molecule has 6 rings (SSSR count). The number of likely N-dealkylation sites (tertiary alicyclic amines) is 1. The van der Waals surface area contributed by atoms with Crippen molar-refractivity contribution < 1.29 is 18.7 Å². The van der Waals surface area contributed by atoms with E-state index in [0.29, 0.717) is 56.5 Å². The van der Waals surface area contributed by atoms with Crippen LogP contribution in [0.5, 0.6) is 0 Å². The van der Waals surface area contributed by atoms with Crippen molar-refractivity contribution in [2.75, 3.05) is 62.8 Å². The van der Waals surface area contributed by atoms with E-state index in [1.807, 2.05) is 27.9 Å². The Morgan fingerprint density at radius 2 is 1.79 bits per heavy atom. The molecule has 2 fully saturated rings. The summed E-state index contributed by atoms with van der Waals surface area (Å²) in [7, 11) is 0. The number of hydrogen-bond donors (Lipinski definition) is 2. The number of fused-ring (bicyclic) bond motifs is 1. The number of carbonyl (C=O) groups excluding carboxylic acids is 2. The van der Waals surface area contributed by atoms with E-state index < -0.39 is 12.7 Å². The first-order valence-electron chi connectivity index (χ1n) is 14.1. The quantitative estimate of drug-likeness (QED) is 0.345. The van der Waals surface area contributed by atoms with E-state index in [-0.39, 0.29) is 18.5 Å². The molecule has 4 aromatic rings. The summed E-state index contributed by atoms with van der Waals surface area (Å²) in [6.45, 7) is 3.20. The highest BCUT2D eigenvalue weighted by Crippen LogP contribution is 2.32. The number of ether oxygens (including phenoxy) is 1. The molecule has 2 aliphatic rings. The van der Waals surface area contributed by atoms with Crippen LogP contribution in [0.15, 0.2) is 55.0 Å². The summed E-state index contributed by atoms with van der Waals surface area (Å²) >= 11 is 0. The van der Waals surface area contributed by atoms with Crippen LogP contribution in [0.25, 0.3) is 22.4 Å². The van der Waals surface area contributed by atoms with E-state index in [1.54, 1.807) is 36.7 Å². The van der Waals surface area contributed by atoms with Gasteiger partial charge in [0.25, 0.3) is 5.91 Å². The molecule has 0 spiro atoms. The monoisotopic (exact) mass is 573 g/mol. The van der Waals surface area contributed by atoms with E-state index in [0.717, 1.165) is 35.3 Å². The number of hydrogen-bond acceptors (Lipinski definition) is 8. The molecule has 13 heteroatoms. The number of halogens is 1. The lowest BCUT2D eigenvalue weighted by molar-refractivity contribution is 0.0691. The van der Waals surface area contributed by atoms with E-state index in [1.165, 1.54) is 0 Å². The number of urea groups is 1. The molecule has 0 bridgehead atoms. The molecular formula is C29H32FN9O3. The van der Waals surface area contributed by atoms with Crippen molar-refractivity contribution in [3.05, 3.63) is 60.6 Å². The predicted octanol–water partition coefficient (Wildman–Crippen LogP) is 3.29. The van der Waals surface area contributed by atoms with Gasteiger partial charge in [-0.1, -0.05) is 0 Å². The number of rotatable bonds is 7. The Hall–Kier alpha value is -4.65. The number of alkyl halides is 1. The molecular weight excluding hydrogens is 541 g/mol. The number of benzene rings is 1. The fraction of sp³-hybridized carbons (Fsp3) is 0.379. The normalized spacial score (nSPS) is 16.0. The van der Waals surface area contributed by atoms with Gasteiger partial charge in [0, 0.05) is 56.4 Å². The molecule has 0 atom stereocenters. The highest BCUT2D eigenvalue weighted by atomic mass is 19.1. The van der Waals surface area contributed by atoms with Gasteiger partial charge in [0.05, 0.1) is 36.4 Å². The molecule has 3 aromatic heterocycles. The van der Waals surface area contributed by atoms with Crippen LogP contribution in [0.2, 0.25) is 0 Å². The maximum Gasteiger partial charge on any atom is 0.319 e. The molecule has 2 aliphatic heterocycles. The minimum atomic E-state index is -0.628. The van der Waals surface area contributed by atoms with Gasteiger partial charge in [0.15, 0.2) is 11.5 Å². The molecule has 218 valence electrons. The first kappa shape index (κ1) is 27.5. The van der Waals surface area contributed by atoms with Gasteiger partial charge >= 0.3 is 6.03 Å². The Morgan fingerprint density at radius 1 is 1.00 bits per heavy atom. The molecule has 0 unspecified atom stereocenters. The molecule has 0 radical (unpaired) electrons. The number of carbonyl (C=O) groups is 2. The van der Waals surface area contributed by atoms with Gasteiger partial charge in [-0.3, -0.25) is 9.78 Å². The van der Waals surface area contributed by atoms with Crippen LogP contribution in [0, 0.1) is 0 Å². The summed E-state index contributed by atoms with van der Waals surface area (Å²) in [5, 5.41) is 10.8. The predicted molar refractivity (Wildman–Crippen MR) is 155 cm³/mol. The first-order valence-corrected chi connectivity index (χ1v) is 14.1. The first-order chi connectivity index (χ1) is 20.6. The van der Waals surface area contributed by atoms with Gasteiger partial charge in [0.1, 0.15) is 12.5 Å². The zero-order valence-electron chi connectivity index (χ0n) is 23.1. The summed E-state index contributed by atoms with van der Waals surface area (Å²) in [6.07, 6.45) is 6.60. The third-order valence-corrected chi connectivity index (χ3v) is 7.53. The van der Waals surface area contributed by atoms with Crippen LogP contribution in [0.1, 0.15) is 29.2 Å². The summed E-state index contributed by atoms with van der Waals surface area (Å²) in [5.74, 6) is 1.34. The maximum atomic E-state index is 12.9. The standard InChI is InChI=1S/C29H32FN9O3/c30-9-11-32-29(41)34-22-5-3-20(4-6-22)25-35-26(37-14-16-42-17-15-37)24-19-33-39(27(24)36-25)23-7-12-38(13-8-23)28(40)21-2-1-10-31-18-21/h1-6,10,18-19,23H,7-9,11-17H2,(H2,32,34,41). The minimum absolute atomic E-state index is 0.0103. The maximum absolute atomic E-state index is 12.9. The van der Waals surface area contributed by atoms with Crippen molar-refractivity contribution in [1.82, 2.24) is 34.9 Å². The number of anilines is 2. The van der Waals surface area contributed by atoms with Crippen LogP contribution in [0.4, 0.5) is 20.7 Å². The van der Waals surface area contributed by atoms with E-state index in [9.17, 15) is 14.0 Å². The number of piperidine rings is 1. The van der Waals surface area contributed by atoms with Gasteiger partial charge in [-0.2, -0.15) is 5.10 Å². The van der Waals surface area contributed by atoms with E-state index in [2.05, 4.69) is 20.5 Å². The van der Waals surface area contributed by atoms with Crippen LogP contribution in [0.3, 0.4) is 0 Å². The van der Waals surface area contributed by atoms with E-state index >= 15 is 0 Å². The average molecular weight is 574 g/mol. The molecule has 12 nitrogen and oxygen atoms in total. The summed E-state index contributed by atoms with van der Waals surface area (Å²) in [6, 6.07) is 10.4. The zero-order chi connectivity index (χ0) is 28.9. The largest absolute Gasteiger partial charge is 0.378 e. The van der Waals surface area contributed by atoms with Crippen LogP contribution in [-0.2, 0) is 4.74 Å². The molecule has 0 aliphatic carbocycles. The smallest absolute Gasteiger partial charge is 0.319 e. The Balaban J connectivity index is 1.27. The zero-order valence-corrected chi connectivity index (χ0v) is 23.1. The Kier molecular flexibility index (Phi) is 8.17. The van der Waals surface area contributed by atoms with Gasteiger partial charge in [0.2, 0.25) is 0 Å². The Bertz CT molecular complexity index is 1530. The molecule has 5 heterocycles. The molecule has 1 aromatic carbocycles. The van der Waals surface area contributed by atoms with Crippen LogP contribution < -0.4 is 15.5 Å². The van der Waals surface area contributed by atoms with Crippen molar-refractivity contribution >= 4 is 34.5 Å². The summed E-state index contributed by atoms with van der Waals surface area (Å²) < 4.78 is 19.9. The lowest BCUT2D eigenvalue weighted by Crippen LogP contribution is -2.39. The third kappa shape index (κ3) is 5.86. The average Bonchev–Trinajstić information content (AvgIpc) is 3.48. The van der Waals surface area contributed by atoms with Gasteiger partial charge in [-0.25, -0.2) is 23.8 Å². The van der Waals surface area contributed by atoms with Crippen molar-refractivity contribution in [2.24, 2.45) is 0 Å². The molecule has 42 heavy (non-hydrogen) atoms. The van der Waals surface area contributed by atoms with Crippen molar-refractivity contribution in [1.29, 1.82) is 0 Å². The highest BCUT2D eigenvalue weighted by Gasteiger charge is 2.28. The van der Waals surface area contributed by atoms with Gasteiger partial charge in [-0.05, 0) is 49.2 Å². The second-order valence-electron chi connectivity index (χ2n) is 10.2. The Labute approximate surface area is 241 Å². The fourth-order valence-electron chi connectivity index (χ4n) is 5.35. The summed E-state index contributed by atoms with van der Waals surface area (Å²) in [4.78, 5) is 42.9. The summed E-state index contributed by atoms with van der Waals surface area (Å²) in [5.41, 5.74) is 2.69. The molecule has 2 N–H and O–H groups in total. The number of nitrogens with one attached hydrogen (secondary N) is 2. The third-order valence-electron chi connectivity index (χ3n) is 7.53. The van der Waals surface area contributed by atoms with Gasteiger partial charge in [-0.15, -0.1) is 0 Å². The number of morpholine rings is 1. The van der Waals surface area contributed by atoms with Crippen molar-refractivity contribution in [2.45, 2.75) is 18.9 Å². The van der Waals surface area contributed by atoms with Crippen LogP contribution >= 0.6 is 0 Å². The SMILES string of the molecule is O=C(NCCF)Nc1ccc(-c2nc(N3CCOCC3)c3cnn(C4CCN(C(=O)c5cccnc5)CC4)c3n2)cc1. The molecule has 3 amide bonds. The topological polar surface area (TPSA) is 130 Å². The second-order valence-corrected chi connectivity index (χ2v) is 10.2. The lowest BCUT2D eigenvalue weighted by atomic mass is 10.0. The Morgan fingerprint density at radius 3 is 2.50 bits per heavy atom. The molecule has 0 saturated carbocycles. The minimum Gasteiger partial charge on any atom is -0.378 e. The second kappa shape index (κ2) is 12.5. The van der Waals surface area contributed by atoms with Crippen LogP contribution in [-0.4, -0.2) is 94.2 Å². The number of pyridine rings is 1. The molecule has 2 saturated heterocycles. The number of aromatic nitrogens is 5. The van der Waals surface area contributed by atoms with Crippen molar-refractivity contribution in [3.63, 3.8) is 0 Å². The fourth-order valence-corrected chi connectivity index (χ4v) is 5.35. The number of amides is 3. The number of nitrogens with zero attached hydrogens (tertiary/aromatic N) is 7. The van der Waals surface area contributed by atoms with Crippen molar-refractivity contribution in [3.8, 4) is 11.4 Å². The highest BCUT2D eigenvalue weighted by molar-refractivity contribution is 5.94. The van der Waals surface area contributed by atoms with Gasteiger partial charge < -0.3 is 25.2 Å².